The van der Waals surface area contributed by atoms with Crippen molar-refractivity contribution in [1.29, 1.82) is 0 Å². The lowest BCUT2D eigenvalue weighted by Gasteiger charge is -2.34. The van der Waals surface area contributed by atoms with Gasteiger partial charge in [0.2, 0.25) is 5.91 Å². The Morgan fingerprint density at radius 3 is 2.56 bits per heavy atom. The predicted molar refractivity (Wildman–Crippen MR) is 55.1 cm³/mol. The van der Waals surface area contributed by atoms with Crippen molar-refractivity contribution in [2.45, 2.75) is 30.9 Å². The number of allylic oxidation sites excluding steroid dienone is 2. The highest BCUT2D eigenvalue weighted by Crippen LogP contribution is 2.38. The monoisotopic (exact) mass is 253 g/mol. The maximum atomic E-state index is 12.7. The second-order valence-corrected chi connectivity index (χ2v) is 4.58. The lowest BCUT2D eigenvalue weighted by Crippen LogP contribution is -2.51. The van der Waals surface area contributed by atoms with Crippen LogP contribution in [-0.2, 0) is 4.79 Å². The van der Waals surface area contributed by atoms with Gasteiger partial charge in [-0.1, -0.05) is 18.2 Å². The normalized spacial score (nSPS) is 29.9. The van der Waals surface area contributed by atoms with Gasteiger partial charge in [-0.05, 0) is 6.92 Å². The molecular formula is C10H11ClF3NO. The molecule has 0 radical (unpaired) electrons. The van der Waals surface area contributed by atoms with E-state index in [0.29, 0.717) is 0 Å². The van der Waals surface area contributed by atoms with Gasteiger partial charge in [0.1, 0.15) is 0 Å². The van der Waals surface area contributed by atoms with E-state index in [9.17, 15) is 18.0 Å². The fraction of sp³-hybridized carbons (Fsp3) is 0.500. The zero-order chi connectivity index (χ0) is 12.6. The highest BCUT2D eigenvalue weighted by Gasteiger charge is 2.46. The van der Waals surface area contributed by atoms with Crippen molar-refractivity contribution in [3.05, 3.63) is 23.8 Å². The third kappa shape index (κ3) is 2.78. The van der Waals surface area contributed by atoms with Crippen molar-refractivity contribution in [1.82, 2.24) is 5.32 Å². The molecule has 0 aromatic carbocycles. The SMILES string of the molecule is CC(=O)NC1C(C(F)(F)F)=CC=CC1(C)Cl. The van der Waals surface area contributed by atoms with Crippen molar-refractivity contribution in [3.63, 3.8) is 0 Å². The molecule has 0 fully saturated rings. The Hall–Kier alpha value is -0.970. The molecule has 0 aromatic rings. The zero-order valence-electron chi connectivity index (χ0n) is 8.73. The molecule has 1 amide bonds. The Morgan fingerprint density at radius 1 is 1.56 bits per heavy atom. The van der Waals surface area contributed by atoms with E-state index in [0.717, 1.165) is 13.0 Å². The van der Waals surface area contributed by atoms with E-state index in [4.69, 9.17) is 11.6 Å². The van der Waals surface area contributed by atoms with E-state index in [1.54, 1.807) is 0 Å². The number of halogens is 4. The zero-order valence-corrected chi connectivity index (χ0v) is 9.49. The van der Waals surface area contributed by atoms with Crippen molar-refractivity contribution < 1.29 is 18.0 Å². The molecule has 90 valence electrons. The van der Waals surface area contributed by atoms with Gasteiger partial charge in [-0.3, -0.25) is 4.79 Å². The second kappa shape index (κ2) is 4.13. The number of amides is 1. The molecule has 2 unspecified atom stereocenters. The number of nitrogens with one attached hydrogen (secondary N) is 1. The molecule has 16 heavy (non-hydrogen) atoms. The number of carbonyl (C=O) groups excluding carboxylic acids is 1. The minimum absolute atomic E-state index is 0.553. The minimum atomic E-state index is -4.51. The molecule has 0 saturated carbocycles. The van der Waals surface area contributed by atoms with Crippen LogP contribution in [0.2, 0.25) is 0 Å². The molecule has 2 nitrogen and oxygen atoms in total. The molecule has 0 aromatic heterocycles. The first-order chi connectivity index (χ1) is 7.14. The van der Waals surface area contributed by atoms with Crippen LogP contribution in [0.25, 0.3) is 0 Å². The maximum Gasteiger partial charge on any atom is 0.414 e. The molecule has 1 N–H and O–H groups in total. The standard InChI is InChI=1S/C10H11ClF3NO/c1-6(16)15-8-7(10(12,13)14)4-3-5-9(8,2)11/h3-5,8H,1-2H3,(H,15,16). The molecule has 0 spiro atoms. The molecule has 1 rings (SSSR count). The summed E-state index contributed by atoms with van der Waals surface area (Å²) in [6, 6.07) is -1.27. The summed E-state index contributed by atoms with van der Waals surface area (Å²) in [6.45, 7) is 2.57. The number of rotatable bonds is 1. The Morgan fingerprint density at radius 2 is 2.12 bits per heavy atom. The topological polar surface area (TPSA) is 29.1 Å². The average molecular weight is 254 g/mol. The predicted octanol–water partition coefficient (Wildman–Crippen LogP) is 2.55. The summed E-state index contributed by atoms with van der Waals surface area (Å²) in [6.07, 6.45) is -0.919. The van der Waals surface area contributed by atoms with Crippen molar-refractivity contribution in [2.75, 3.05) is 0 Å². The number of hydrogen-bond acceptors (Lipinski definition) is 1. The van der Waals surface area contributed by atoms with E-state index in [-0.39, 0.29) is 0 Å². The largest absolute Gasteiger partial charge is 0.414 e. The van der Waals surface area contributed by atoms with E-state index in [1.165, 1.54) is 19.1 Å². The first kappa shape index (κ1) is 13.1. The summed E-state index contributed by atoms with van der Waals surface area (Å²) >= 11 is 5.94. The third-order valence-electron chi connectivity index (χ3n) is 2.25. The van der Waals surface area contributed by atoms with Crippen LogP contribution < -0.4 is 5.32 Å². The van der Waals surface area contributed by atoms with Crippen LogP contribution in [0, 0.1) is 0 Å². The van der Waals surface area contributed by atoms with Crippen molar-refractivity contribution in [3.8, 4) is 0 Å². The fourth-order valence-corrected chi connectivity index (χ4v) is 1.76. The van der Waals surface area contributed by atoms with Gasteiger partial charge in [0, 0.05) is 6.92 Å². The summed E-state index contributed by atoms with van der Waals surface area (Å²) in [5.74, 6) is -0.553. The molecule has 0 saturated heterocycles. The average Bonchev–Trinajstić information content (AvgIpc) is 2.05. The van der Waals surface area contributed by atoms with Gasteiger partial charge in [-0.2, -0.15) is 13.2 Å². The van der Waals surface area contributed by atoms with Gasteiger partial charge in [-0.25, -0.2) is 0 Å². The molecule has 1 aliphatic carbocycles. The smallest absolute Gasteiger partial charge is 0.347 e. The van der Waals surface area contributed by atoms with Crippen molar-refractivity contribution in [2.24, 2.45) is 0 Å². The van der Waals surface area contributed by atoms with Gasteiger partial charge in [0.25, 0.3) is 0 Å². The van der Waals surface area contributed by atoms with Gasteiger partial charge in [0.15, 0.2) is 0 Å². The molecule has 0 bridgehead atoms. The number of alkyl halides is 4. The Balaban J connectivity index is 3.09. The summed E-state index contributed by atoms with van der Waals surface area (Å²) in [5, 5.41) is 2.22. The molecular weight excluding hydrogens is 243 g/mol. The van der Waals surface area contributed by atoms with Crippen LogP contribution in [0.5, 0.6) is 0 Å². The highest BCUT2D eigenvalue weighted by atomic mass is 35.5. The lowest BCUT2D eigenvalue weighted by molar-refractivity contribution is -0.121. The van der Waals surface area contributed by atoms with E-state index in [2.05, 4.69) is 5.32 Å². The Kier molecular flexibility index (Phi) is 3.38. The van der Waals surface area contributed by atoms with Crippen LogP contribution >= 0.6 is 11.6 Å². The molecule has 6 heteroatoms. The van der Waals surface area contributed by atoms with E-state index >= 15 is 0 Å². The molecule has 0 aliphatic heterocycles. The third-order valence-corrected chi connectivity index (χ3v) is 2.59. The number of hydrogen-bond donors (Lipinski definition) is 1. The summed E-state index contributed by atoms with van der Waals surface area (Å²) < 4.78 is 38.0. The second-order valence-electron chi connectivity index (χ2n) is 3.76. The minimum Gasteiger partial charge on any atom is -0.347 e. The first-order valence-electron chi connectivity index (χ1n) is 4.57. The van der Waals surface area contributed by atoms with Gasteiger partial charge in [0.05, 0.1) is 16.5 Å². The fourth-order valence-electron chi connectivity index (χ4n) is 1.52. The maximum absolute atomic E-state index is 12.7. The Bertz CT molecular complexity index is 358. The first-order valence-corrected chi connectivity index (χ1v) is 4.95. The quantitative estimate of drug-likeness (QED) is 0.715. The van der Waals surface area contributed by atoms with Gasteiger partial charge >= 0.3 is 6.18 Å². The van der Waals surface area contributed by atoms with Crippen LogP contribution in [-0.4, -0.2) is 23.0 Å². The van der Waals surface area contributed by atoms with Gasteiger partial charge < -0.3 is 5.32 Å². The van der Waals surface area contributed by atoms with Crippen LogP contribution in [0.3, 0.4) is 0 Å². The van der Waals surface area contributed by atoms with E-state index in [1.807, 2.05) is 0 Å². The number of carbonyl (C=O) groups is 1. The molecule has 2 atom stereocenters. The van der Waals surface area contributed by atoms with Crippen LogP contribution in [0.4, 0.5) is 13.2 Å². The molecule has 0 heterocycles. The molecule has 1 aliphatic rings. The van der Waals surface area contributed by atoms with Crippen LogP contribution in [0.15, 0.2) is 23.8 Å². The highest BCUT2D eigenvalue weighted by molar-refractivity contribution is 6.26. The van der Waals surface area contributed by atoms with E-state index < -0.39 is 28.6 Å². The van der Waals surface area contributed by atoms with Crippen LogP contribution in [0.1, 0.15) is 13.8 Å². The summed E-state index contributed by atoms with van der Waals surface area (Å²) in [5.41, 5.74) is -0.845. The summed E-state index contributed by atoms with van der Waals surface area (Å²) in [7, 11) is 0. The van der Waals surface area contributed by atoms with Gasteiger partial charge in [-0.15, -0.1) is 11.6 Å². The Labute approximate surface area is 96.1 Å². The van der Waals surface area contributed by atoms with Crippen molar-refractivity contribution >= 4 is 17.5 Å². The lowest BCUT2D eigenvalue weighted by atomic mass is 9.88. The summed E-state index contributed by atoms with van der Waals surface area (Å²) in [4.78, 5) is 9.61.